The number of amides is 1. The van der Waals surface area contributed by atoms with Gasteiger partial charge in [-0.15, -0.1) is 0 Å². The predicted octanol–water partition coefficient (Wildman–Crippen LogP) is 4.04. The molecule has 2 aliphatic rings. The summed E-state index contributed by atoms with van der Waals surface area (Å²) in [6, 6.07) is 9.37. The van der Waals surface area contributed by atoms with Crippen molar-refractivity contribution in [2.45, 2.75) is 51.3 Å². The molecule has 2 aliphatic carbocycles. The van der Waals surface area contributed by atoms with Crippen molar-refractivity contribution in [3.8, 4) is 0 Å². The molecule has 1 heterocycles. The Labute approximate surface area is 191 Å². The van der Waals surface area contributed by atoms with E-state index in [0.29, 0.717) is 34.3 Å². The van der Waals surface area contributed by atoms with Gasteiger partial charge >= 0.3 is 5.97 Å². The molecule has 6 nitrogen and oxygen atoms in total. The van der Waals surface area contributed by atoms with E-state index in [1.54, 1.807) is 6.07 Å². The summed E-state index contributed by atoms with van der Waals surface area (Å²) in [5.74, 6) is -0.557. The Bertz CT molecular complexity index is 1070. The van der Waals surface area contributed by atoms with Crippen LogP contribution in [0.1, 0.15) is 59.7 Å². The van der Waals surface area contributed by atoms with Crippen molar-refractivity contribution < 1.29 is 14.3 Å². The normalized spacial score (nSPS) is 19.9. The number of rotatable bonds is 5. The number of H-pyrrole nitrogens is 1. The summed E-state index contributed by atoms with van der Waals surface area (Å²) in [6.45, 7) is 5.56. The van der Waals surface area contributed by atoms with Gasteiger partial charge in [-0.05, 0) is 49.9 Å². The lowest BCUT2D eigenvalue weighted by molar-refractivity contribution is -0.153. The summed E-state index contributed by atoms with van der Waals surface area (Å²) in [6.07, 6.45) is 1.19. The van der Waals surface area contributed by atoms with Crippen molar-refractivity contribution in [3.05, 3.63) is 63.4 Å². The maximum atomic E-state index is 13.0. The zero-order valence-electron chi connectivity index (χ0n) is 17.6. The van der Waals surface area contributed by atoms with Gasteiger partial charge in [0.15, 0.2) is 0 Å². The highest BCUT2D eigenvalue weighted by molar-refractivity contribution is 6.55. The van der Waals surface area contributed by atoms with E-state index in [2.05, 4.69) is 15.6 Å². The molecule has 1 amide bonds. The van der Waals surface area contributed by atoms with Gasteiger partial charge in [-0.3, -0.25) is 14.9 Å². The monoisotopic (exact) mass is 461 g/mol. The molecule has 31 heavy (non-hydrogen) atoms. The molecule has 1 aromatic heterocycles. The van der Waals surface area contributed by atoms with Crippen LogP contribution in [0.5, 0.6) is 0 Å². The Morgan fingerprint density at radius 1 is 1.19 bits per heavy atom. The lowest BCUT2D eigenvalue weighted by Crippen LogP contribution is -2.44. The molecule has 0 unspecified atom stereocenters. The molecule has 0 saturated carbocycles. The summed E-state index contributed by atoms with van der Waals surface area (Å²) in [5, 5.41) is 7.41. The molecule has 8 heteroatoms. The number of esters is 1. The van der Waals surface area contributed by atoms with Gasteiger partial charge in [0.2, 0.25) is 0 Å². The van der Waals surface area contributed by atoms with Crippen molar-refractivity contribution in [2.75, 3.05) is 6.54 Å². The Balaban J connectivity index is 1.48. The van der Waals surface area contributed by atoms with Gasteiger partial charge in [-0.2, -0.15) is 0 Å². The summed E-state index contributed by atoms with van der Waals surface area (Å²) < 4.78 is 5.40. The molecule has 2 atom stereocenters. The minimum atomic E-state index is -0.549. The molecule has 3 N–H and O–H groups in total. The molecule has 4 rings (SSSR count). The largest absolute Gasteiger partial charge is 0.459 e. The van der Waals surface area contributed by atoms with E-state index in [1.165, 1.54) is 0 Å². The molecular formula is C23H25Cl2N3O3. The molecule has 0 radical (unpaired) electrons. The van der Waals surface area contributed by atoms with Crippen LogP contribution >= 0.6 is 23.2 Å². The number of halogens is 2. The highest BCUT2D eigenvalue weighted by Gasteiger charge is 2.34. The van der Waals surface area contributed by atoms with E-state index in [-0.39, 0.29) is 30.5 Å². The number of allylic oxidation sites excluding steroid dienone is 1. The average Bonchev–Trinajstić information content (AvgIpc) is 3.32. The van der Waals surface area contributed by atoms with E-state index in [9.17, 15) is 9.59 Å². The SMILES string of the molecule is CC(C)(C)OC(=O)CN[C@@H]1c2ccccc2C[C@H]1NC(=O)c1cc2c([nH]1)C(Cl)=C(Cl)C2. The Hall–Kier alpha value is -2.28. The van der Waals surface area contributed by atoms with Gasteiger partial charge in [0, 0.05) is 11.5 Å². The zero-order valence-corrected chi connectivity index (χ0v) is 19.2. The van der Waals surface area contributed by atoms with E-state index < -0.39 is 5.60 Å². The van der Waals surface area contributed by atoms with Gasteiger partial charge in [0.1, 0.15) is 11.3 Å². The van der Waals surface area contributed by atoms with Gasteiger partial charge in [-0.1, -0.05) is 47.5 Å². The van der Waals surface area contributed by atoms with Crippen LogP contribution in [0.3, 0.4) is 0 Å². The van der Waals surface area contributed by atoms with Crippen LogP contribution < -0.4 is 10.6 Å². The minimum Gasteiger partial charge on any atom is -0.459 e. The maximum absolute atomic E-state index is 13.0. The van der Waals surface area contributed by atoms with Crippen LogP contribution in [0, 0.1) is 0 Å². The molecular weight excluding hydrogens is 437 g/mol. The number of hydrogen-bond acceptors (Lipinski definition) is 4. The molecule has 1 aromatic carbocycles. The van der Waals surface area contributed by atoms with Crippen LogP contribution in [0.15, 0.2) is 35.4 Å². The van der Waals surface area contributed by atoms with E-state index >= 15 is 0 Å². The summed E-state index contributed by atoms with van der Waals surface area (Å²) in [4.78, 5) is 28.3. The number of nitrogens with one attached hydrogen (secondary N) is 3. The molecule has 0 spiro atoms. The lowest BCUT2D eigenvalue weighted by Gasteiger charge is -2.24. The maximum Gasteiger partial charge on any atom is 0.320 e. The molecule has 2 aromatic rings. The number of hydrogen-bond donors (Lipinski definition) is 3. The second kappa shape index (κ2) is 8.34. The second-order valence-electron chi connectivity index (χ2n) is 8.91. The first-order valence-corrected chi connectivity index (χ1v) is 11.0. The average molecular weight is 462 g/mol. The van der Waals surface area contributed by atoms with Crippen LogP contribution in [0.25, 0.3) is 5.03 Å². The van der Waals surface area contributed by atoms with Crippen LogP contribution in [-0.2, 0) is 22.4 Å². The van der Waals surface area contributed by atoms with Gasteiger partial charge < -0.3 is 15.0 Å². The number of fused-ring (bicyclic) bond motifs is 2. The van der Waals surface area contributed by atoms with Crippen LogP contribution in [-0.4, -0.2) is 35.0 Å². The highest BCUT2D eigenvalue weighted by atomic mass is 35.5. The van der Waals surface area contributed by atoms with Crippen LogP contribution in [0.4, 0.5) is 0 Å². The second-order valence-corrected chi connectivity index (χ2v) is 9.74. The van der Waals surface area contributed by atoms with Crippen LogP contribution in [0.2, 0.25) is 0 Å². The zero-order chi connectivity index (χ0) is 22.3. The first-order valence-electron chi connectivity index (χ1n) is 10.2. The number of ether oxygens (including phenoxy) is 1. The van der Waals surface area contributed by atoms with E-state index in [1.807, 2.05) is 45.0 Å². The molecule has 0 saturated heterocycles. The molecule has 0 fully saturated rings. The summed E-state index contributed by atoms with van der Waals surface area (Å²) >= 11 is 12.3. The Kier molecular flexibility index (Phi) is 5.90. The first-order chi connectivity index (χ1) is 14.6. The fraction of sp³-hybridized carbons (Fsp3) is 0.391. The third-order valence-corrected chi connectivity index (χ3v) is 6.22. The van der Waals surface area contributed by atoms with E-state index in [0.717, 1.165) is 16.7 Å². The summed E-state index contributed by atoms with van der Waals surface area (Å²) in [5.41, 5.74) is 3.71. The van der Waals surface area contributed by atoms with Crippen molar-refractivity contribution in [3.63, 3.8) is 0 Å². The molecule has 0 aliphatic heterocycles. The standard InChI is InChI=1S/C23H25Cl2N3O3/c1-23(2,3)31-18(29)11-26-21-14-7-5-4-6-12(14)9-16(21)28-22(30)17-10-13-8-15(24)19(25)20(13)27-17/h4-7,10,16,21,26-27H,8-9,11H2,1-3H3,(H,28,30)/t16-,21-/m1/s1. The minimum absolute atomic E-state index is 0.0539. The van der Waals surface area contributed by atoms with Crippen molar-refractivity contribution in [1.29, 1.82) is 0 Å². The Morgan fingerprint density at radius 2 is 1.94 bits per heavy atom. The summed E-state index contributed by atoms with van der Waals surface area (Å²) in [7, 11) is 0. The smallest absolute Gasteiger partial charge is 0.320 e. The van der Waals surface area contributed by atoms with Crippen molar-refractivity contribution in [1.82, 2.24) is 15.6 Å². The van der Waals surface area contributed by atoms with E-state index in [4.69, 9.17) is 27.9 Å². The Morgan fingerprint density at radius 3 is 2.65 bits per heavy atom. The highest BCUT2D eigenvalue weighted by Crippen LogP contribution is 2.37. The number of aromatic amines is 1. The number of carbonyl (C=O) groups excluding carboxylic acids is 2. The third kappa shape index (κ3) is 4.66. The number of benzene rings is 1. The quantitative estimate of drug-likeness (QED) is 0.586. The lowest BCUT2D eigenvalue weighted by atomic mass is 10.1. The van der Waals surface area contributed by atoms with Gasteiger partial charge in [-0.25, -0.2) is 0 Å². The van der Waals surface area contributed by atoms with Crippen molar-refractivity contribution >= 4 is 40.1 Å². The molecule has 164 valence electrons. The first kappa shape index (κ1) is 21.9. The van der Waals surface area contributed by atoms with Gasteiger partial charge in [0.05, 0.1) is 29.4 Å². The number of carbonyl (C=O) groups is 2. The van der Waals surface area contributed by atoms with Gasteiger partial charge in [0.25, 0.3) is 5.91 Å². The number of aromatic nitrogens is 1. The predicted molar refractivity (Wildman–Crippen MR) is 121 cm³/mol. The van der Waals surface area contributed by atoms with Crippen molar-refractivity contribution in [2.24, 2.45) is 0 Å². The third-order valence-electron chi connectivity index (χ3n) is 5.38. The fourth-order valence-electron chi connectivity index (χ4n) is 4.13. The molecule has 0 bridgehead atoms. The topological polar surface area (TPSA) is 83.2 Å². The fourth-order valence-corrected chi connectivity index (χ4v) is 4.61.